The van der Waals surface area contributed by atoms with Gasteiger partial charge in [0.05, 0.1) is 0 Å². The molecule has 2 nitrogen and oxygen atoms in total. The van der Waals surface area contributed by atoms with E-state index in [9.17, 15) is 0 Å². The molecule has 0 unspecified atom stereocenters. The van der Waals surface area contributed by atoms with Crippen molar-refractivity contribution in [3.05, 3.63) is 12.5 Å². The van der Waals surface area contributed by atoms with Crippen molar-refractivity contribution in [3.63, 3.8) is 0 Å². The van der Waals surface area contributed by atoms with E-state index in [1.807, 2.05) is 0 Å². The Balaban J connectivity index is 2.03. The second-order valence-corrected chi connectivity index (χ2v) is 3.51. The molecule has 2 heteroatoms. The van der Waals surface area contributed by atoms with E-state index in [2.05, 4.69) is 6.58 Å². The molecule has 0 atom stereocenters. The third-order valence-electron chi connectivity index (χ3n) is 2.59. The van der Waals surface area contributed by atoms with Gasteiger partial charge in [-0.2, -0.15) is 0 Å². The van der Waals surface area contributed by atoms with Crippen LogP contribution in [-0.2, 0) is 9.47 Å². The minimum Gasteiger partial charge on any atom is -0.462 e. The summed E-state index contributed by atoms with van der Waals surface area (Å²) in [7, 11) is 0. The molecule has 0 bridgehead atoms. The smallest absolute Gasteiger partial charge is 0.272 e. The Labute approximate surface area is 67.2 Å². The second-order valence-electron chi connectivity index (χ2n) is 3.51. The van der Waals surface area contributed by atoms with Crippen LogP contribution in [0, 0.1) is 0 Å². The van der Waals surface area contributed by atoms with Crippen molar-refractivity contribution in [2.45, 2.75) is 37.7 Å². The molecule has 0 amide bonds. The lowest BCUT2D eigenvalue weighted by Crippen LogP contribution is -2.33. The SMILES string of the molecule is C=C1OCC2(CCCCC2)O1. The summed E-state index contributed by atoms with van der Waals surface area (Å²) in [5.74, 6) is 0.520. The van der Waals surface area contributed by atoms with Crippen LogP contribution < -0.4 is 0 Å². The maximum absolute atomic E-state index is 5.57. The number of hydrogen-bond acceptors (Lipinski definition) is 2. The summed E-state index contributed by atoms with van der Waals surface area (Å²) in [4.78, 5) is 0. The molecule has 0 aromatic carbocycles. The maximum atomic E-state index is 5.57. The Morgan fingerprint density at radius 3 is 2.45 bits per heavy atom. The first-order valence-corrected chi connectivity index (χ1v) is 4.32. The summed E-state index contributed by atoms with van der Waals surface area (Å²) in [6.45, 7) is 4.39. The quantitative estimate of drug-likeness (QED) is 0.532. The summed E-state index contributed by atoms with van der Waals surface area (Å²) >= 11 is 0. The Bertz CT molecular complexity index is 168. The average molecular weight is 154 g/mol. The van der Waals surface area contributed by atoms with Crippen LogP contribution in [-0.4, -0.2) is 12.2 Å². The summed E-state index contributed by atoms with van der Waals surface area (Å²) in [5.41, 5.74) is 0.0231. The lowest BCUT2D eigenvalue weighted by Gasteiger charge is -2.29. The van der Waals surface area contributed by atoms with E-state index in [0.29, 0.717) is 5.95 Å². The highest BCUT2D eigenvalue weighted by Gasteiger charge is 2.40. The Morgan fingerprint density at radius 1 is 1.18 bits per heavy atom. The highest BCUT2D eigenvalue weighted by molar-refractivity contribution is 4.94. The minimum atomic E-state index is 0.0231. The Morgan fingerprint density at radius 2 is 1.91 bits per heavy atom. The van der Waals surface area contributed by atoms with Crippen LogP contribution in [0.15, 0.2) is 12.5 Å². The van der Waals surface area contributed by atoms with Gasteiger partial charge in [-0.3, -0.25) is 0 Å². The Kier molecular flexibility index (Phi) is 1.55. The fraction of sp³-hybridized carbons (Fsp3) is 0.778. The third kappa shape index (κ3) is 1.22. The molecule has 1 saturated carbocycles. The molecule has 2 rings (SSSR count). The first-order chi connectivity index (χ1) is 5.31. The molecule has 11 heavy (non-hydrogen) atoms. The lowest BCUT2D eigenvalue weighted by atomic mass is 9.86. The van der Waals surface area contributed by atoms with Crippen molar-refractivity contribution in [2.75, 3.05) is 6.61 Å². The molecule has 1 aliphatic carbocycles. The average Bonchev–Trinajstić information content (AvgIpc) is 2.34. The fourth-order valence-electron chi connectivity index (χ4n) is 1.95. The molecule has 1 spiro atoms. The summed E-state index contributed by atoms with van der Waals surface area (Å²) in [5, 5.41) is 0. The largest absolute Gasteiger partial charge is 0.462 e. The predicted octanol–water partition coefficient (Wildman–Crippen LogP) is 2.21. The van der Waals surface area contributed by atoms with Gasteiger partial charge < -0.3 is 9.47 Å². The zero-order valence-corrected chi connectivity index (χ0v) is 6.77. The summed E-state index contributed by atoms with van der Waals surface area (Å²) < 4.78 is 10.8. The molecule has 1 heterocycles. The van der Waals surface area contributed by atoms with E-state index in [-0.39, 0.29) is 5.60 Å². The monoisotopic (exact) mass is 154 g/mol. The van der Waals surface area contributed by atoms with E-state index in [1.54, 1.807) is 0 Å². The van der Waals surface area contributed by atoms with Gasteiger partial charge in [0, 0.05) is 0 Å². The van der Waals surface area contributed by atoms with Crippen LogP contribution in [0.25, 0.3) is 0 Å². The van der Waals surface area contributed by atoms with Gasteiger partial charge >= 0.3 is 0 Å². The Hall–Kier alpha value is -0.660. The first-order valence-electron chi connectivity index (χ1n) is 4.32. The van der Waals surface area contributed by atoms with E-state index >= 15 is 0 Å². The van der Waals surface area contributed by atoms with Crippen molar-refractivity contribution < 1.29 is 9.47 Å². The molecule has 2 fully saturated rings. The van der Waals surface area contributed by atoms with E-state index in [4.69, 9.17) is 9.47 Å². The zero-order valence-electron chi connectivity index (χ0n) is 6.77. The van der Waals surface area contributed by atoms with E-state index in [0.717, 1.165) is 19.4 Å². The minimum absolute atomic E-state index is 0.0231. The van der Waals surface area contributed by atoms with Crippen molar-refractivity contribution >= 4 is 0 Å². The summed E-state index contributed by atoms with van der Waals surface area (Å²) in [6, 6.07) is 0. The first kappa shape index (κ1) is 7.01. The van der Waals surface area contributed by atoms with Crippen molar-refractivity contribution in [2.24, 2.45) is 0 Å². The van der Waals surface area contributed by atoms with Crippen molar-refractivity contribution in [3.8, 4) is 0 Å². The predicted molar refractivity (Wildman–Crippen MR) is 42.0 cm³/mol. The number of rotatable bonds is 0. The van der Waals surface area contributed by atoms with Gasteiger partial charge in [-0.25, -0.2) is 0 Å². The second kappa shape index (κ2) is 2.43. The van der Waals surface area contributed by atoms with Crippen LogP contribution in [0.4, 0.5) is 0 Å². The van der Waals surface area contributed by atoms with E-state index < -0.39 is 0 Å². The molecule has 1 aliphatic heterocycles. The molecular formula is C9H14O2. The molecule has 0 radical (unpaired) electrons. The van der Waals surface area contributed by atoms with Crippen molar-refractivity contribution in [1.29, 1.82) is 0 Å². The van der Waals surface area contributed by atoms with E-state index in [1.165, 1.54) is 19.3 Å². The fourth-order valence-corrected chi connectivity index (χ4v) is 1.95. The van der Waals surface area contributed by atoms with Gasteiger partial charge in [0.1, 0.15) is 12.2 Å². The van der Waals surface area contributed by atoms with Crippen LogP contribution in [0.5, 0.6) is 0 Å². The zero-order chi connectivity index (χ0) is 7.73. The van der Waals surface area contributed by atoms with Gasteiger partial charge in [-0.05, 0) is 32.3 Å². The maximum Gasteiger partial charge on any atom is 0.272 e. The normalized spacial score (nSPS) is 28.2. The topological polar surface area (TPSA) is 18.5 Å². The molecule has 0 aromatic rings. The molecule has 0 aromatic heterocycles. The van der Waals surface area contributed by atoms with Gasteiger partial charge in [-0.15, -0.1) is 0 Å². The van der Waals surface area contributed by atoms with Crippen LogP contribution in [0.3, 0.4) is 0 Å². The number of hydrogen-bond donors (Lipinski definition) is 0. The highest BCUT2D eigenvalue weighted by Crippen LogP contribution is 2.37. The van der Waals surface area contributed by atoms with Crippen molar-refractivity contribution in [1.82, 2.24) is 0 Å². The highest BCUT2D eigenvalue weighted by atomic mass is 16.7. The van der Waals surface area contributed by atoms with Gasteiger partial charge in [0.15, 0.2) is 0 Å². The van der Waals surface area contributed by atoms with Gasteiger partial charge in [0.25, 0.3) is 5.95 Å². The molecule has 0 N–H and O–H groups in total. The number of ether oxygens (including phenoxy) is 2. The lowest BCUT2D eigenvalue weighted by molar-refractivity contribution is 0.0157. The molecule has 1 saturated heterocycles. The van der Waals surface area contributed by atoms with Crippen LogP contribution in [0.2, 0.25) is 0 Å². The third-order valence-corrected chi connectivity index (χ3v) is 2.59. The van der Waals surface area contributed by atoms with Gasteiger partial charge in [-0.1, -0.05) is 6.42 Å². The molecule has 2 aliphatic rings. The standard InChI is InChI=1S/C9H14O2/c1-8-10-7-9(11-8)5-3-2-4-6-9/h1-7H2. The van der Waals surface area contributed by atoms with Crippen LogP contribution >= 0.6 is 0 Å². The molecule has 62 valence electrons. The molecular weight excluding hydrogens is 140 g/mol. The van der Waals surface area contributed by atoms with Gasteiger partial charge in [0.2, 0.25) is 0 Å². The van der Waals surface area contributed by atoms with Crippen LogP contribution in [0.1, 0.15) is 32.1 Å². The summed E-state index contributed by atoms with van der Waals surface area (Å²) in [6.07, 6.45) is 6.18.